The third kappa shape index (κ3) is 4.09. The summed E-state index contributed by atoms with van der Waals surface area (Å²) in [4.78, 5) is 4.26. The van der Waals surface area contributed by atoms with Crippen LogP contribution in [0.5, 0.6) is 5.75 Å². The standard InChI is InChI=1S/C21H15F4N5O2/c1-31-14-6-12-4-11(2-3-16(12)28-9-14)5-19(26)30-10-13(7-15(22)20(30)27)17-8-18(29-32-17)21(23,24)25/h2-4,6-10,26-27H,5H2,1H3. The molecular weight excluding hydrogens is 430 g/mol. The molecule has 0 saturated carbocycles. The molecule has 4 aromatic rings. The number of aromatic nitrogens is 3. The molecule has 0 amide bonds. The zero-order valence-electron chi connectivity index (χ0n) is 16.5. The molecule has 0 atom stereocenters. The summed E-state index contributed by atoms with van der Waals surface area (Å²) in [6, 6.07) is 8.56. The molecule has 11 heteroatoms. The Labute approximate surface area is 177 Å². The molecule has 164 valence electrons. The molecule has 3 heterocycles. The van der Waals surface area contributed by atoms with E-state index < -0.39 is 23.2 Å². The van der Waals surface area contributed by atoms with Gasteiger partial charge in [-0.15, -0.1) is 0 Å². The number of pyridine rings is 2. The Bertz CT molecular complexity index is 1390. The van der Waals surface area contributed by atoms with E-state index in [0.717, 1.165) is 16.0 Å². The number of alkyl halides is 3. The van der Waals surface area contributed by atoms with Gasteiger partial charge in [0.2, 0.25) is 0 Å². The van der Waals surface area contributed by atoms with Crippen LogP contribution < -0.4 is 10.2 Å². The first-order valence-corrected chi connectivity index (χ1v) is 9.17. The Morgan fingerprint density at radius 2 is 1.97 bits per heavy atom. The number of rotatable bonds is 4. The number of ether oxygens (including phenoxy) is 1. The lowest BCUT2D eigenvalue weighted by Crippen LogP contribution is -2.30. The highest BCUT2D eigenvalue weighted by Gasteiger charge is 2.35. The highest BCUT2D eigenvalue weighted by atomic mass is 19.4. The molecule has 0 aliphatic rings. The van der Waals surface area contributed by atoms with Crippen LogP contribution in [0.1, 0.15) is 11.3 Å². The van der Waals surface area contributed by atoms with E-state index in [0.29, 0.717) is 22.9 Å². The van der Waals surface area contributed by atoms with E-state index in [1.165, 1.54) is 13.3 Å². The van der Waals surface area contributed by atoms with Crippen LogP contribution in [0.4, 0.5) is 17.6 Å². The highest BCUT2D eigenvalue weighted by molar-refractivity contribution is 5.86. The van der Waals surface area contributed by atoms with E-state index in [-0.39, 0.29) is 23.6 Å². The van der Waals surface area contributed by atoms with Crippen molar-refractivity contribution in [2.45, 2.75) is 12.6 Å². The topological polar surface area (TPSA) is 101 Å². The van der Waals surface area contributed by atoms with Gasteiger partial charge >= 0.3 is 6.18 Å². The van der Waals surface area contributed by atoms with Crippen LogP contribution in [0, 0.1) is 16.6 Å². The maximum atomic E-state index is 14.3. The van der Waals surface area contributed by atoms with Crippen LogP contribution in [0.15, 0.2) is 53.3 Å². The van der Waals surface area contributed by atoms with Gasteiger partial charge in [-0.25, -0.2) is 4.39 Å². The predicted molar refractivity (Wildman–Crippen MR) is 106 cm³/mol. The Morgan fingerprint density at radius 3 is 2.66 bits per heavy atom. The van der Waals surface area contributed by atoms with Crippen molar-refractivity contribution >= 4 is 16.7 Å². The van der Waals surface area contributed by atoms with Gasteiger partial charge in [0.15, 0.2) is 22.8 Å². The summed E-state index contributed by atoms with van der Waals surface area (Å²) in [5.74, 6) is -0.958. The van der Waals surface area contributed by atoms with Crippen molar-refractivity contribution in [2.24, 2.45) is 0 Å². The van der Waals surface area contributed by atoms with Crippen LogP contribution >= 0.6 is 0 Å². The molecule has 0 saturated heterocycles. The lowest BCUT2D eigenvalue weighted by molar-refractivity contribution is -0.142. The number of hydrogen-bond acceptors (Lipinski definition) is 6. The Balaban J connectivity index is 1.67. The number of halogens is 4. The molecule has 1 aromatic carbocycles. The van der Waals surface area contributed by atoms with Crippen LogP contribution in [-0.2, 0) is 12.6 Å². The second-order valence-electron chi connectivity index (χ2n) is 6.90. The average Bonchev–Trinajstić information content (AvgIpc) is 3.26. The fraction of sp³-hybridized carbons (Fsp3) is 0.143. The number of hydrogen-bond donors (Lipinski definition) is 2. The fourth-order valence-electron chi connectivity index (χ4n) is 3.11. The van der Waals surface area contributed by atoms with Crippen molar-refractivity contribution in [1.82, 2.24) is 14.7 Å². The summed E-state index contributed by atoms with van der Waals surface area (Å²) in [7, 11) is 1.52. The minimum atomic E-state index is -4.72. The summed E-state index contributed by atoms with van der Waals surface area (Å²) < 4.78 is 63.5. The van der Waals surface area contributed by atoms with E-state index in [4.69, 9.17) is 20.1 Å². The Morgan fingerprint density at radius 1 is 1.19 bits per heavy atom. The van der Waals surface area contributed by atoms with Gasteiger partial charge in [-0.05, 0) is 29.8 Å². The number of nitrogens with one attached hydrogen (secondary N) is 2. The first-order valence-electron chi connectivity index (χ1n) is 9.17. The summed E-state index contributed by atoms with van der Waals surface area (Å²) in [6.07, 6.45) is -1.95. The molecule has 0 aliphatic heterocycles. The maximum Gasteiger partial charge on any atom is 0.436 e. The van der Waals surface area contributed by atoms with Gasteiger partial charge < -0.3 is 9.26 Å². The minimum Gasteiger partial charge on any atom is -0.495 e. The molecule has 0 spiro atoms. The van der Waals surface area contributed by atoms with Crippen molar-refractivity contribution in [3.8, 4) is 17.1 Å². The van der Waals surface area contributed by atoms with Gasteiger partial charge in [-0.1, -0.05) is 11.2 Å². The molecule has 4 rings (SSSR count). The molecule has 0 fully saturated rings. The van der Waals surface area contributed by atoms with E-state index in [1.54, 1.807) is 30.5 Å². The summed E-state index contributed by atoms with van der Waals surface area (Å²) >= 11 is 0. The molecule has 0 bridgehead atoms. The number of methoxy groups -OCH3 is 1. The maximum absolute atomic E-state index is 14.3. The van der Waals surface area contributed by atoms with Gasteiger partial charge in [0.1, 0.15) is 11.6 Å². The lowest BCUT2D eigenvalue weighted by atomic mass is 10.1. The number of benzene rings is 1. The zero-order valence-corrected chi connectivity index (χ0v) is 16.5. The van der Waals surface area contributed by atoms with Crippen molar-refractivity contribution in [1.29, 1.82) is 10.8 Å². The van der Waals surface area contributed by atoms with Gasteiger partial charge in [-0.3, -0.25) is 20.4 Å². The smallest absolute Gasteiger partial charge is 0.436 e. The van der Waals surface area contributed by atoms with Crippen LogP contribution in [-0.4, -0.2) is 27.7 Å². The monoisotopic (exact) mass is 445 g/mol. The normalized spacial score (nSPS) is 11.7. The summed E-state index contributed by atoms with van der Waals surface area (Å²) in [6.45, 7) is 0. The second-order valence-corrected chi connectivity index (χ2v) is 6.90. The molecular formula is C21H15F4N5O2. The second kappa shape index (κ2) is 7.91. The Hall–Kier alpha value is -4.02. The third-order valence-electron chi connectivity index (χ3n) is 4.72. The Kier molecular flexibility index (Phi) is 5.25. The van der Waals surface area contributed by atoms with Crippen LogP contribution in [0.2, 0.25) is 0 Å². The molecule has 0 unspecified atom stereocenters. The third-order valence-corrected chi connectivity index (χ3v) is 4.72. The van der Waals surface area contributed by atoms with Gasteiger partial charge in [0, 0.05) is 29.6 Å². The van der Waals surface area contributed by atoms with Crippen LogP contribution in [0.25, 0.3) is 22.2 Å². The van der Waals surface area contributed by atoms with E-state index in [1.807, 2.05) is 0 Å². The molecule has 2 N–H and O–H groups in total. The number of fused-ring (bicyclic) bond motifs is 1. The first-order chi connectivity index (χ1) is 15.2. The highest BCUT2D eigenvalue weighted by Crippen LogP contribution is 2.31. The molecule has 7 nitrogen and oxygen atoms in total. The van der Waals surface area contributed by atoms with Crippen molar-refractivity contribution in [3.05, 3.63) is 71.4 Å². The van der Waals surface area contributed by atoms with Gasteiger partial charge in [-0.2, -0.15) is 13.2 Å². The van der Waals surface area contributed by atoms with E-state index >= 15 is 0 Å². The first kappa shape index (κ1) is 21.2. The fourth-order valence-corrected chi connectivity index (χ4v) is 3.11. The summed E-state index contributed by atoms with van der Waals surface area (Å²) in [5, 5.41) is 20.0. The number of nitrogens with zero attached hydrogens (tertiary/aromatic N) is 3. The van der Waals surface area contributed by atoms with Crippen molar-refractivity contribution in [2.75, 3.05) is 7.11 Å². The van der Waals surface area contributed by atoms with Crippen molar-refractivity contribution in [3.63, 3.8) is 0 Å². The lowest BCUT2D eigenvalue weighted by Gasteiger charge is -2.11. The average molecular weight is 445 g/mol. The summed E-state index contributed by atoms with van der Waals surface area (Å²) in [5.41, 5.74) is -0.551. The largest absolute Gasteiger partial charge is 0.495 e. The van der Waals surface area contributed by atoms with Crippen LogP contribution in [0.3, 0.4) is 0 Å². The SMILES string of the molecule is COc1cnc2ccc(CC(=N)n3cc(-c4cc(C(F)(F)F)no4)cc(F)c3=N)cc2c1. The molecule has 0 aliphatic carbocycles. The quantitative estimate of drug-likeness (QED) is 0.276. The van der Waals surface area contributed by atoms with Crippen molar-refractivity contribution < 1.29 is 26.8 Å². The van der Waals surface area contributed by atoms with Gasteiger partial charge in [0.25, 0.3) is 0 Å². The van der Waals surface area contributed by atoms with E-state index in [9.17, 15) is 17.6 Å². The molecule has 0 radical (unpaired) electrons. The minimum absolute atomic E-state index is 0.0246. The molecule has 32 heavy (non-hydrogen) atoms. The van der Waals surface area contributed by atoms with E-state index in [2.05, 4.69) is 10.1 Å². The van der Waals surface area contributed by atoms with Gasteiger partial charge in [0.05, 0.1) is 18.8 Å². The predicted octanol–water partition coefficient (Wildman–Crippen LogP) is 4.41. The molecule has 3 aromatic heterocycles. The zero-order chi connectivity index (χ0) is 23.0.